The highest BCUT2D eigenvalue weighted by atomic mass is 32.1. The van der Waals surface area contributed by atoms with Crippen LogP contribution in [0.5, 0.6) is 5.75 Å². The van der Waals surface area contributed by atoms with E-state index in [1.165, 1.54) is 28.2 Å². The molecule has 1 amide bonds. The predicted octanol–water partition coefficient (Wildman–Crippen LogP) is 4.82. The Labute approximate surface area is 164 Å². The Morgan fingerprint density at radius 3 is 2.74 bits per heavy atom. The SMILES string of the molecule is Cc1ccc(OCc2nc(CC(=O)Nc3nc4ccccc4s3)cs2)cc1. The minimum Gasteiger partial charge on any atom is -0.486 e. The van der Waals surface area contributed by atoms with Crippen molar-refractivity contribution in [2.75, 3.05) is 5.32 Å². The van der Waals surface area contributed by atoms with Crippen molar-refractivity contribution in [1.29, 1.82) is 0 Å². The first-order chi connectivity index (χ1) is 13.2. The molecule has 4 rings (SSSR count). The van der Waals surface area contributed by atoms with E-state index in [-0.39, 0.29) is 12.3 Å². The lowest BCUT2D eigenvalue weighted by atomic mass is 10.2. The van der Waals surface area contributed by atoms with Crippen LogP contribution in [-0.4, -0.2) is 15.9 Å². The van der Waals surface area contributed by atoms with Crippen LogP contribution >= 0.6 is 22.7 Å². The molecular weight excluding hydrogens is 378 g/mol. The Balaban J connectivity index is 1.32. The van der Waals surface area contributed by atoms with E-state index in [2.05, 4.69) is 15.3 Å². The minimum absolute atomic E-state index is 0.120. The van der Waals surface area contributed by atoms with Gasteiger partial charge in [-0.2, -0.15) is 0 Å². The van der Waals surface area contributed by atoms with Gasteiger partial charge in [0.25, 0.3) is 0 Å². The van der Waals surface area contributed by atoms with Gasteiger partial charge in [0, 0.05) is 5.38 Å². The maximum absolute atomic E-state index is 12.3. The molecule has 0 radical (unpaired) electrons. The molecule has 0 unspecified atom stereocenters. The molecule has 0 fully saturated rings. The molecule has 1 N–H and O–H groups in total. The maximum Gasteiger partial charge on any atom is 0.232 e. The van der Waals surface area contributed by atoms with E-state index < -0.39 is 0 Å². The van der Waals surface area contributed by atoms with Crippen LogP contribution in [0.15, 0.2) is 53.9 Å². The molecule has 0 aliphatic carbocycles. The van der Waals surface area contributed by atoms with Crippen LogP contribution in [0.1, 0.15) is 16.3 Å². The standard InChI is InChI=1S/C20H17N3O2S2/c1-13-6-8-15(9-7-13)25-11-19-21-14(12-26-19)10-18(24)23-20-22-16-4-2-3-5-17(16)27-20/h2-9,12H,10-11H2,1H3,(H,22,23,24). The number of aryl methyl sites for hydroxylation is 1. The van der Waals surface area contributed by atoms with Crippen molar-refractivity contribution in [2.45, 2.75) is 20.0 Å². The average Bonchev–Trinajstić information content (AvgIpc) is 3.27. The molecule has 5 nitrogen and oxygen atoms in total. The summed E-state index contributed by atoms with van der Waals surface area (Å²) < 4.78 is 6.79. The number of aromatic nitrogens is 2. The Kier molecular flexibility index (Phi) is 5.13. The number of amides is 1. The van der Waals surface area contributed by atoms with E-state index >= 15 is 0 Å². The van der Waals surface area contributed by atoms with Crippen molar-refractivity contribution in [1.82, 2.24) is 9.97 Å². The monoisotopic (exact) mass is 395 g/mol. The summed E-state index contributed by atoms with van der Waals surface area (Å²) in [6.07, 6.45) is 0.219. The van der Waals surface area contributed by atoms with E-state index in [1.807, 2.05) is 60.8 Å². The van der Waals surface area contributed by atoms with Crippen molar-refractivity contribution < 1.29 is 9.53 Å². The summed E-state index contributed by atoms with van der Waals surface area (Å²) in [7, 11) is 0. The van der Waals surface area contributed by atoms with Crippen molar-refractivity contribution in [3.05, 3.63) is 70.2 Å². The summed E-state index contributed by atoms with van der Waals surface area (Å²) in [5.74, 6) is 0.691. The summed E-state index contributed by atoms with van der Waals surface area (Å²) in [4.78, 5) is 21.2. The van der Waals surface area contributed by atoms with Crippen LogP contribution in [0.2, 0.25) is 0 Å². The van der Waals surface area contributed by atoms with Crippen LogP contribution in [0, 0.1) is 6.92 Å². The predicted molar refractivity (Wildman–Crippen MR) is 110 cm³/mol. The van der Waals surface area contributed by atoms with Gasteiger partial charge in [0.2, 0.25) is 5.91 Å². The zero-order chi connectivity index (χ0) is 18.6. The molecule has 0 atom stereocenters. The van der Waals surface area contributed by atoms with Crippen LogP contribution in [0.4, 0.5) is 5.13 Å². The van der Waals surface area contributed by atoms with E-state index in [0.717, 1.165) is 26.7 Å². The molecule has 0 saturated carbocycles. The molecule has 0 aliphatic heterocycles. The van der Waals surface area contributed by atoms with Crippen molar-refractivity contribution in [3.63, 3.8) is 0 Å². The van der Waals surface area contributed by atoms with Gasteiger partial charge in [-0.05, 0) is 31.2 Å². The van der Waals surface area contributed by atoms with Crippen LogP contribution < -0.4 is 10.1 Å². The number of carbonyl (C=O) groups excluding carboxylic acids is 1. The highest BCUT2D eigenvalue weighted by Gasteiger charge is 2.11. The Bertz CT molecular complexity index is 1040. The van der Waals surface area contributed by atoms with Crippen molar-refractivity contribution in [3.8, 4) is 5.75 Å². The molecule has 0 spiro atoms. The number of anilines is 1. The fourth-order valence-corrected chi connectivity index (χ4v) is 4.12. The molecule has 27 heavy (non-hydrogen) atoms. The zero-order valence-corrected chi connectivity index (χ0v) is 16.3. The molecule has 136 valence electrons. The lowest BCUT2D eigenvalue weighted by Crippen LogP contribution is -2.14. The van der Waals surface area contributed by atoms with Crippen LogP contribution in [0.3, 0.4) is 0 Å². The smallest absolute Gasteiger partial charge is 0.232 e. The highest BCUT2D eigenvalue weighted by Crippen LogP contribution is 2.25. The molecule has 0 bridgehead atoms. The number of benzene rings is 2. The second-order valence-electron chi connectivity index (χ2n) is 6.05. The van der Waals surface area contributed by atoms with Gasteiger partial charge >= 0.3 is 0 Å². The van der Waals surface area contributed by atoms with Gasteiger partial charge in [0.1, 0.15) is 17.4 Å². The fraction of sp³-hybridized carbons (Fsp3) is 0.150. The first kappa shape index (κ1) is 17.6. The van der Waals surface area contributed by atoms with Crippen molar-refractivity contribution >= 4 is 43.9 Å². The Morgan fingerprint density at radius 1 is 1.11 bits per heavy atom. The quantitative estimate of drug-likeness (QED) is 0.508. The zero-order valence-electron chi connectivity index (χ0n) is 14.6. The third kappa shape index (κ3) is 4.50. The highest BCUT2D eigenvalue weighted by molar-refractivity contribution is 7.22. The molecule has 0 saturated heterocycles. The number of thiazole rings is 2. The van der Waals surface area contributed by atoms with Crippen molar-refractivity contribution in [2.24, 2.45) is 0 Å². The number of nitrogens with zero attached hydrogens (tertiary/aromatic N) is 2. The summed E-state index contributed by atoms with van der Waals surface area (Å²) in [5.41, 5.74) is 2.82. The van der Waals surface area contributed by atoms with Gasteiger partial charge in [-0.3, -0.25) is 4.79 Å². The number of hydrogen-bond donors (Lipinski definition) is 1. The van der Waals surface area contributed by atoms with E-state index in [9.17, 15) is 4.79 Å². The third-order valence-corrected chi connectivity index (χ3v) is 5.69. The van der Waals surface area contributed by atoms with Gasteiger partial charge in [-0.25, -0.2) is 9.97 Å². The summed E-state index contributed by atoms with van der Waals surface area (Å²) in [5, 5.41) is 6.20. The number of rotatable bonds is 6. The fourth-order valence-electron chi connectivity index (χ4n) is 2.53. The molecule has 2 aromatic heterocycles. The van der Waals surface area contributed by atoms with Crippen LogP contribution in [-0.2, 0) is 17.8 Å². The normalized spacial score (nSPS) is 10.9. The Hall–Kier alpha value is -2.77. The molecular formula is C20H17N3O2S2. The number of para-hydroxylation sites is 1. The number of ether oxygens (including phenoxy) is 1. The number of nitrogens with one attached hydrogen (secondary N) is 1. The first-order valence-electron chi connectivity index (χ1n) is 8.44. The Morgan fingerprint density at radius 2 is 1.93 bits per heavy atom. The number of hydrogen-bond acceptors (Lipinski definition) is 6. The van der Waals surface area contributed by atoms with Gasteiger partial charge in [0.05, 0.1) is 22.3 Å². The van der Waals surface area contributed by atoms with E-state index in [1.54, 1.807) is 0 Å². The summed E-state index contributed by atoms with van der Waals surface area (Å²) in [6, 6.07) is 15.7. The second-order valence-corrected chi connectivity index (χ2v) is 8.02. The topological polar surface area (TPSA) is 64.1 Å². The number of fused-ring (bicyclic) bond motifs is 1. The molecule has 2 heterocycles. The van der Waals surface area contributed by atoms with E-state index in [0.29, 0.717) is 11.7 Å². The molecule has 2 aromatic carbocycles. The van der Waals surface area contributed by atoms with Crippen LogP contribution in [0.25, 0.3) is 10.2 Å². The van der Waals surface area contributed by atoms with Gasteiger partial charge in [0.15, 0.2) is 5.13 Å². The summed E-state index contributed by atoms with van der Waals surface area (Å²) in [6.45, 7) is 2.43. The van der Waals surface area contributed by atoms with Gasteiger partial charge in [-0.15, -0.1) is 11.3 Å². The molecule has 0 aliphatic rings. The maximum atomic E-state index is 12.3. The van der Waals surface area contributed by atoms with Gasteiger partial charge < -0.3 is 10.1 Å². The van der Waals surface area contributed by atoms with Gasteiger partial charge in [-0.1, -0.05) is 41.2 Å². The second kappa shape index (κ2) is 7.85. The lowest BCUT2D eigenvalue weighted by Gasteiger charge is -2.03. The lowest BCUT2D eigenvalue weighted by molar-refractivity contribution is -0.115. The first-order valence-corrected chi connectivity index (χ1v) is 10.1. The van der Waals surface area contributed by atoms with E-state index in [4.69, 9.17) is 4.74 Å². The number of carbonyl (C=O) groups is 1. The summed E-state index contributed by atoms with van der Waals surface area (Å²) >= 11 is 2.96. The largest absolute Gasteiger partial charge is 0.486 e. The average molecular weight is 396 g/mol. The molecule has 7 heteroatoms. The third-order valence-electron chi connectivity index (χ3n) is 3.86. The minimum atomic E-state index is -0.120. The molecule has 4 aromatic rings.